The highest BCUT2D eigenvalue weighted by Gasteiger charge is 1.92. The zero-order valence-corrected chi connectivity index (χ0v) is 8.59. The number of thioether (sulfide) groups is 1. The maximum atomic E-state index is 5.40. The van der Waals surface area contributed by atoms with E-state index in [1.54, 1.807) is 0 Å². The molecule has 1 aromatic rings. The average Bonchev–Trinajstić information content (AvgIpc) is 2.19. The molecule has 2 nitrogen and oxygen atoms in total. The van der Waals surface area contributed by atoms with Gasteiger partial charge in [0.15, 0.2) is 0 Å². The molecule has 0 aliphatic carbocycles. The van der Waals surface area contributed by atoms with Crippen molar-refractivity contribution in [3.63, 3.8) is 0 Å². The number of nitrogens with zero attached hydrogens (tertiary/aromatic N) is 1. The van der Waals surface area contributed by atoms with Crippen LogP contribution in [0.3, 0.4) is 0 Å². The van der Waals surface area contributed by atoms with Crippen LogP contribution < -0.4 is 5.73 Å². The van der Waals surface area contributed by atoms with E-state index in [-0.39, 0.29) is 0 Å². The molecule has 0 aliphatic rings. The average molecular weight is 196 g/mol. The first kappa shape index (κ1) is 10.5. The van der Waals surface area contributed by atoms with E-state index in [1.165, 1.54) is 17.1 Å². The first-order valence-corrected chi connectivity index (χ1v) is 5.75. The van der Waals surface area contributed by atoms with Crippen LogP contribution in [0.4, 0.5) is 0 Å². The van der Waals surface area contributed by atoms with Gasteiger partial charge < -0.3 is 5.73 Å². The van der Waals surface area contributed by atoms with E-state index in [2.05, 4.69) is 17.1 Å². The molecule has 0 aromatic carbocycles. The molecule has 1 rings (SSSR count). The lowest BCUT2D eigenvalue weighted by Gasteiger charge is -2.00. The Morgan fingerprint density at radius 3 is 2.69 bits per heavy atom. The number of nitrogens with two attached hydrogens (primary N) is 1. The van der Waals surface area contributed by atoms with Crippen molar-refractivity contribution in [3.05, 3.63) is 30.1 Å². The third-order valence-corrected chi connectivity index (χ3v) is 2.85. The Hall–Kier alpha value is -0.540. The fourth-order valence-electron chi connectivity index (χ4n) is 1.03. The number of hydrogen-bond acceptors (Lipinski definition) is 3. The third kappa shape index (κ3) is 4.90. The molecule has 2 N–H and O–H groups in total. The summed E-state index contributed by atoms with van der Waals surface area (Å²) in [5.41, 5.74) is 6.77. The Kier molecular flexibility index (Phi) is 5.61. The second-order valence-electron chi connectivity index (χ2n) is 2.86. The summed E-state index contributed by atoms with van der Waals surface area (Å²) in [6, 6.07) is 4.15. The van der Waals surface area contributed by atoms with Crippen LogP contribution in [0.2, 0.25) is 0 Å². The highest BCUT2D eigenvalue weighted by atomic mass is 32.2. The maximum absolute atomic E-state index is 5.40. The monoisotopic (exact) mass is 196 g/mol. The fourth-order valence-corrected chi connectivity index (χ4v) is 1.98. The van der Waals surface area contributed by atoms with Crippen LogP contribution in [0, 0.1) is 0 Å². The van der Waals surface area contributed by atoms with E-state index in [9.17, 15) is 0 Å². The van der Waals surface area contributed by atoms with Crippen LogP contribution in [0.1, 0.15) is 12.0 Å². The number of aromatic nitrogens is 1. The van der Waals surface area contributed by atoms with E-state index < -0.39 is 0 Å². The Morgan fingerprint density at radius 1 is 1.23 bits per heavy atom. The van der Waals surface area contributed by atoms with Gasteiger partial charge in [-0.3, -0.25) is 4.98 Å². The van der Waals surface area contributed by atoms with Crippen molar-refractivity contribution in [2.75, 3.05) is 18.1 Å². The van der Waals surface area contributed by atoms with Gasteiger partial charge in [-0.1, -0.05) is 0 Å². The number of hydrogen-bond donors (Lipinski definition) is 1. The zero-order chi connectivity index (χ0) is 9.36. The Labute approximate surface area is 83.9 Å². The summed E-state index contributed by atoms with van der Waals surface area (Å²) >= 11 is 1.97. The quantitative estimate of drug-likeness (QED) is 0.704. The second kappa shape index (κ2) is 6.92. The molecule has 0 bridgehead atoms. The summed E-state index contributed by atoms with van der Waals surface area (Å²) in [5.74, 6) is 2.37. The van der Waals surface area contributed by atoms with Crippen molar-refractivity contribution in [2.45, 2.75) is 12.8 Å². The summed E-state index contributed by atoms with van der Waals surface area (Å²) in [5, 5.41) is 0. The smallest absolute Gasteiger partial charge is 0.0270 e. The lowest BCUT2D eigenvalue weighted by molar-refractivity contribution is 0.942. The van der Waals surface area contributed by atoms with Crippen molar-refractivity contribution in [1.82, 2.24) is 4.98 Å². The summed E-state index contributed by atoms with van der Waals surface area (Å²) < 4.78 is 0. The first-order valence-electron chi connectivity index (χ1n) is 4.60. The van der Waals surface area contributed by atoms with Crippen molar-refractivity contribution in [1.29, 1.82) is 0 Å². The Bertz CT molecular complexity index is 213. The molecule has 0 amide bonds. The van der Waals surface area contributed by atoms with Crippen LogP contribution in [0.15, 0.2) is 24.5 Å². The maximum Gasteiger partial charge on any atom is 0.0270 e. The molecular formula is C10H16N2S. The van der Waals surface area contributed by atoms with Crippen molar-refractivity contribution in [3.8, 4) is 0 Å². The first-order chi connectivity index (χ1) is 6.43. The zero-order valence-electron chi connectivity index (χ0n) is 7.78. The van der Waals surface area contributed by atoms with Crippen LogP contribution in [0.5, 0.6) is 0 Å². The van der Waals surface area contributed by atoms with E-state index >= 15 is 0 Å². The van der Waals surface area contributed by atoms with E-state index in [0.29, 0.717) is 0 Å². The normalized spacial score (nSPS) is 10.2. The van der Waals surface area contributed by atoms with E-state index in [4.69, 9.17) is 5.73 Å². The number of rotatable bonds is 6. The molecule has 1 heterocycles. The van der Waals surface area contributed by atoms with Gasteiger partial charge in [0.1, 0.15) is 0 Å². The van der Waals surface area contributed by atoms with Gasteiger partial charge in [-0.2, -0.15) is 11.8 Å². The molecule has 0 fully saturated rings. The minimum absolute atomic E-state index is 0.808. The van der Waals surface area contributed by atoms with Crippen molar-refractivity contribution in [2.24, 2.45) is 5.73 Å². The van der Waals surface area contributed by atoms with Crippen molar-refractivity contribution < 1.29 is 0 Å². The summed E-state index contributed by atoms with van der Waals surface area (Å²) in [6.07, 6.45) is 5.96. The predicted molar refractivity (Wildman–Crippen MR) is 58.9 cm³/mol. The SMILES string of the molecule is NCCCSCCc1ccncc1. The molecule has 0 radical (unpaired) electrons. The summed E-state index contributed by atoms with van der Waals surface area (Å²) in [7, 11) is 0. The topological polar surface area (TPSA) is 38.9 Å². The fraction of sp³-hybridized carbons (Fsp3) is 0.500. The minimum Gasteiger partial charge on any atom is -0.330 e. The standard InChI is InChI=1S/C10H16N2S/c11-5-1-8-13-9-4-10-2-6-12-7-3-10/h2-3,6-7H,1,4-5,8-9,11H2. The molecule has 0 atom stereocenters. The molecular weight excluding hydrogens is 180 g/mol. The molecule has 3 heteroatoms. The van der Waals surface area contributed by atoms with Crippen LogP contribution >= 0.6 is 11.8 Å². The number of aryl methyl sites for hydroxylation is 1. The largest absolute Gasteiger partial charge is 0.330 e. The molecule has 0 saturated heterocycles. The van der Waals surface area contributed by atoms with Crippen LogP contribution in [-0.2, 0) is 6.42 Å². The second-order valence-corrected chi connectivity index (χ2v) is 4.08. The molecule has 13 heavy (non-hydrogen) atoms. The molecule has 0 unspecified atom stereocenters. The van der Waals surface area contributed by atoms with Crippen LogP contribution in [0.25, 0.3) is 0 Å². The van der Waals surface area contributed by atoms with Gasteiger partial charge in [-0.15, -0.1) is 0 Å². The number of pyridine rings is 1. The van der Waals surface area contributed by atoms with Gasteiger partial charge in [0.2, 0.25) is 0 Å². The minimum atomic E-state index is 0.808. The summed E-state index contributed by atoms with van der Waals surface area (Å²) in [4.78, 5) is 3.98. The van der Waals surface area contributed by atoms with Gasteiger partial charge in [0.25, 0.3) is 0 Å². The van der Waals surface area contributed by atoms with Crippen LogP contribution in [-0.4, -0.2) is 23.0 Å². The third-order valence-electron chi connectivity index (χ3n) is 1.78. The summed E-state index contributed by atoms with van der Waals surface area (Å²) in [6.45, 7) is 0.808. The van der Waals surface area contributed by atoms with Gasteiger partial charge >= 0.3 is 0 Å². The highest BCUT2D eigenvalue weighted by Crippen LogP contribution is 2.06. The predicted octanol–water partition coefficient (Wildman–Crippen LogP) is 1.71. The molecule has 72 valence electrons. The molecule has 0 spiro atoms. The van der Waals surface area contributed by atoms with E-state index in [1.807, 2.05) is 24.2 Å². The van der Waals surface area contributed by atoms with Gasteiger partial charge in [0.05, 0.1) is 0 Å². The van der Waals surface area contributed by atoms with Gasteiger partial charge in [0, 0.05) is 12.4 Å². The lowest BCUT2D eigenvalue weighted by atomic mass is 10.2. The molecule has 0 saturated carbocycles. The van der Waals surface area contributed by atoms with Crippen molar-refractivity contribution >= 4 is 11.8 Å². The lowest BCUT2D eigenvalue weighted by Crippen LogP contribution is -2.00. The molecule has 0 aliphatic heterocycles. The van der Waals surface area contributed by atoms with E-state index in [0.717, 1.165) is 19.4 Å². The molecule has 1 aromatic heterocycles. The van der Waals surface area contributed by atoms with Gasteiger partial charge in [-0.25, -0.2) is 0 Å². The Morgan fingerprint density at radius 2 is 2.00 bits per heavy atom. The highest BCUT2D eigenvalue weighted by molar-refractivity contribution is 7.99. The Balaban J connectivity index is 2.07. The van der Waals surface area contributed by atoms with Gasteiger partial charge in [-0.05, 0) is 48.6 Å².